The van der Waals surface area contributed by atoms with Crippen LogP contribution in [0.25, 0.3) is 0 Å². The third kappa shape index (κ3) is 4.14. The largest absolute Gasteiger partial charge is 0.496 e. The molecular weight excluding hydrogens is 344 g/mol. The van der Waals surface area contributed by atoms with Crippen LogP contribution in [0.5, 0.6) is 5.75 Å². The summed E-state index contributed by atoms with van der Waals surface area (Å²) in [6, 6.07) is 4.17. The predicted octanol–water partition coefficient (Wildman–Crippen LogP) is 1.02. The Bertz CT molecular complexity index is 657. The minimum atomic E-state index is -3.62. The summed E-state index contributed by atoms with van der Waals surface area (Å²) < 4.78 is 36.4. The van der Waals surface area contributed by atoms with Gasteiger partial charge in [0.15, 0.2) is 0 Å². The fourth-order valence-electron chi connectivity index (χ4n) is 2.38. The highest BCUT2D eigenvalue weighted by molar-refractivity contribution is 7.89. The average Bonchev–Trinajstić information content (AvgIpc) is 2.53. The van der Waals surface area contributed by atoms with Crippen molar-refractivity contribution in [2.45, 2.75) is 23.8 Å². The maximum absolute atomic E-state index is 12.6. The van der Waals surface area contributed by atoms with Crippen LogP contribution in [0.4, 0.5) is 0 Å². The molecule has 1 fully saturated rings. The molecule has 9 heteroatoms. The predicted molar refractivity (Wildman–Crippen MR) is 87.5 cm³/mol. The highest BCUT2D eigenvalue weighted by Crippen LogP contribution is 2.27. The van der Waals surface area contributed by atoms with Crippen LogP contribution in [0.15, 0.2) is 23.1 Å². The molecule has 0 aliphatic carbocycles. The number of halogens is 1. The Labute approximate surface area is 142 Å². The molecule has 1 saturated heterocycles. The van der Waals surface area contributed by atoms with Gasteiger partial charge in [-0.25, -0.2) is 13.2 Å². The second-order valence-corrected chi connectivity index (χ2v) is 7.03. The molecule has 23 heavy (non-hydrogen) atoms. The normalized spacial score (nSPS) is 16.5. The second kappa shape index (κ2) is 7.96. The van der Waals surface area contributed by atoms with E-state index in [0.29, 0.717) is 25.9 Å². The number of piperidine rings is 1. The molecule has 1 aromatic rings. The van der Waals surface area contributed by atoms with E-state index in [1.165, 1.54) is 36.7 Å². The van der Waals surface area contributed by atoms with Gasteiger partial charge in [0.25, 0.3) is 0 Å². The number of carbonyl (C=O) groups excluding carboxylic acids is 1. The van der Waals surface area contributed by atoms with E-state index in [9.17, 15) is 13.2 Å². The first-order valence-corrected chi connectivity index (χ1v) is 8.36. The third-order valence-corrected chi connectivity index (χ3v) is 5.61. The number of ether oxygens (including phenoxy) is 2. The van der Waals surface area contributed by atoms with Gasteiger partial charge in [-0.2, -0.15) is 4.31 Å². The maximum Gasteiger partial charge on any atom is 0.341 e. The zero-order valence-electron chi connectivity index (χ0n) is 13.0. The van der Waals surface area contributed by atoms with Crippen molar-refractivity contribution in [3.8, 4) is 5.75 Å². The van der Waals surface area contributed by atoms with Crippen molar-refractivity contribution < 1.29 is 22.7 Å². The van der Waals surface area contributed by atoms with E-state index in [1.54, 1.807) is 0 Å². The molecular formula is C14H21ClN2O5S. The summed E-state index contributed by atoms with van der Waals surface area (Å²) in [7, 11) is -0.995. The van der Waals surface area contributed by atoms with Gasteiger partial charge in [0.05, 0.1) is 19.1 Å². The number of hydrogen-bond donors (Lipinski definition) is 1. The number of hydrogen-bond acceptors (Lipinski definition) is 6. The highest BCUT2D eigenvalue weighted by Gasteiger charge is 2.29. The standard InChI is InChI=1S/C14H20N2O5S.ClH/c1-20-13-9-11(3-4-12(13)14(17)21-2)22(18,19)16-7-5-10(15)6-8-16;/h3-4,9-10H,5-8,15H2,1-2H3;1H. The third-order valence-electron chi connectivity index (χ3n) is 3.71. The second-order valence-electron chi connectivity index (χ2n) is 5.10. The van der Waals surface area contributed by atoms with E-state index in [0.717, 1.165) is 0 Å². The van der Waals surface area contributed by atoms with Crippen molar-refractivity contribution in [2.24, 2.45) is 5.73 Å². The monoisotopic (exact) mass is 364 g/mol. The lowest BCUT2D eigenvalue weighted by Gasteiger charge is -2.29. The molecule has 0 aromatic heterocycles. The van der Waals surface area contributed by atoms with Gasteiger partial charge < -0.3 is 15.2 Å². The number of rotatable bonds is 4. The number of carbonyl (C=O) groups is 1. The van der Waals surface area contributed by atoms with Crippen LogP contribution in [0.1, 0.15) is 23.2 Å². The maximum atomic E-state index is 12.6. The lowest BCUT2D eigenvalue weighted by Crippen LogP contribution is -2.42. The van der Waals surface area contributed by atoms with Crippen LogP contribution in [0.3, 0.4) is 0 Å². The summed E-state index contributed by atoms with van der Waals surface area (Å²) in [5.41, 5.74) is 5.98. The SMILES string of the molecule is COC(=O)c1ccc(S(=O)(=O)N2CCC(N)CC2)cc1OC.Cl. The Morgan fingerprint density at radius 2 is 1.87 bits per heavy atom. The number of methoxy groups -OCH3 is 2. The van der Waals surface area contributed by atoms with Crippen LogP contribution in [-0.2, 0) is 14.8 Å². The van der Waals surface area contributed by atoms with E-state index in [4.69, 9.17) is 10.5 Å². The lowest BCUT2D eigenvalue weighted by atomic mass is 10.1. The molecule has 1 aromatic carbocycles. The molecule has 0 bridgehead atoms. The van der Waals surface area contributed by atoms with Gasteiger partial charge in [-0.15, -0.1) is 12.4 Å². The zero-order chi connectivity index (χ0) is 16.3. The summed E-state index contributed by atoms with van der Waals surface area (Å²) in [5, 5.41) is 0. The first-order valence-electron chi connectivity index (χ1n) is 6.92. The molecule has 1 aliphatic rings. The van der Waals surface area contributed by atoms with Gasteiger partial charge in [-0.1, -0.05) is 0 Å². The molecule has 0 saturated carbocycles. The number of sulfonamides is 1. The molecule has 0 radical (unpaired) electrons. The molecule has 0 unspecified atom stereocenters. The average molecular weight is 365 g/mol. The summed E-state index contributed by atoms with van der Waals surface area (Å²) in [4.78, 5) is 11.7. The van der Waals surface area contributed by atoms with Gasteiger partial charge in [0.2, 0.25) is 10.0 Å². The molecule has 130 valence electrons. The number of benzene rings is 1. The number of nitrogens with two attached hydrogens (primary N) is 1. The first-order chi connectivity index (χ1) is 10.4. The molecule has 2 N–H and O–H groups in total. The first kappa shape index (κ1) is 19.7. The van der Waals surface area contributed by atoms with Gasteiger partial charge >= 0.3 is 5.97 Å². The molecule has 2 rings (SSSR count). The van der Waals surface area contributed by atoms with Crippen LogP contribution >= 0.6 is 12.4 Å². The van der Waals surface area contributed by atoms with Crippen molar-refractivity contribution in [1.82, 2.24) is 4.31 Å². The quantitative estimate of drug-likeness (QED) is 0.801. The van der Waals surface area contributed by atoms with Crippen LogP contribution in [0, 0.1) is 0 Å². The van der Waals surface area contributed by atoms with Crippen molar-refractivity contribution >= 4 is 28.4 Å². The Morgan fingerprint density at radius 3 is 2.39 bits per heavy atom. The number of esters is 1. The van der Waals surface area contributed by atoms with E-state index in [-0.39, 0.29) is 34.7 Å². The topological polar surface area (TPSA) is 98.9 Å². The summed E-state index contributed by atoms with van der Waals surface area (Å²) in [6.45, 7) is 0.787. The molecule has 0 amide bonds. The molecule has 0 atom stereocenters. The smallest absolute Gasteiger partial charge is 0.341 e. The molecule has 1 heterocycles. The van der Waals surface area contributed by atoms with Crippen molar-refractivity contribution in [2.75, 3.05) is 27.3 Å². The van der Waals surface area contributed by atoms with E-state index in [2.05, 4.69) is 4.74 Å². The summed E-state index contributed by atoms with van der Waals surface area (Å²) in [6.07, 6.45) is 1.27. The van der Waals surface area contributed by atoms with Gasteiger partial charge in [-0.3, -0.25) is 0 Å². The van der Waals surface area contributed by atoms with Crippen LogP contribution in [0.2, 0.25) is 0 Å². The fraction of sp³-hybridized carbons (Fsp3) is 0.500. The zero-order valence-corrected chi connectivity index (χ0v) is 14.7. The van der Waals surface area contributed by atoms with Gasteiger partial charge in [0.1, 0.15) is 11.3 Å². The Morgan fingerprint density at radius 1 is 1.26 bits per heavy atom. The van der Waals surface area contributed by atoms with Crippen LogP contribution < -0.4 is 10.5 Å². The van der Waals surface area contributed by atoms with Gasteiger partial charge in [-0.05, 0) is 25.0 Å². The van der Waals surface area contributed by atoms with E-state index < -0.39 is 16.0 Å². The molecule has 1 aliphatic heterocycles. The minimum Gasteiger partial charge on any atom is -0.496 e. The van der Waals surface area contributed by atoms with Crippen LogP contribution in [-0.4, -0.2) is 52.0 Å². The van der Waals surface area contributed by atoms with E-state index >= 15 is 0 Å². The minimum absolute atomic E-state index is 0. The van der Waals surface area contributed by atoms with Crippen molar-refractivity contribution in [3.05, 3.63) is 23.8 Å². The summed E-state index contributed by atoms with van der Waals surface area (Å²) in [5.74, 6) is -0.411. The molecule has 0 spiro atoms. The lowest BCUT2D eigenvalue weighted by molar-refractivity contribution is 0.0597. The Hall–Kier alpha value is -1.35. The van der Waals surface area contributed by atoms with Gasteiger partial charge in [0, 0.05) is 25.2 Å². The fourth-order valence-corrected chi connectivity index (χ4v) is 3.86. The number of nitrogens with zero attached hydrogens (tertiary/aromatic N) is 1. The van der Waals surface area contributed by atoms with Crippen molar-refractivity contribution in [1.29, 1.82) is 0 Å². The summed E-state index contributed by atoms with van der Waals surface area (Å²) >= 11 is 0. The Kier molecular flexibility index (Phi) is 6.82. The van der Waals surface area contributed by atoms with E-state index in [1.807, 2.05) is 0 Å². The highest BCUT2D eigenvalue weighted by atomic mass is 35.5. The molecule has 7 nitrogen and oxygen atoms in total. The van der Waals surface area contributed by atoms with Crippen molar-refractivity contribution in [3.63, 3.8) is 0 Å². The Balaban J connectivity index is 0.00000264.